The Balaban J connectivity index is 1.18. The third kappa shape index (κ3) is 6.30. The molecule has 0 aliphatic carbocycles. The molecule has 0 atom stereocenters. The van der Waals surface area contributed by atoms with Crippen LogP contribution in [0.1, 0.15) is 24.3 Å². The number of aryl methyl sites for hydroxylation is 1. The Morgan fingerprint density at radius 1 is 1.10 bits per heavy atom. The summed E-state index contributed by atoms with van der Waals surface area (Å²) in [5.41, 5.74) is 2.47. The number of piperidine rings is 1. The van der Waals surface area contributed by atoms with Gasteiger partial charge in [-0.05, 0) is 57.1 Å². The standard InChI is InChI=1S/C27H33N5O6S/c1-19-4-3-5-21(16-19)26-29-25(38-30-26)18-31-10-8-20(9-11-31)27(33)28-22-6-7-23(36-2)24(17-22)39(34,35)32-12-14-37-15-13-32/h3-7,16-17,20H,8-15,18H2,1-2H3,(H,28,33). The molecule has 5 rings (SSSR count). The van der Waals surface area contributed by atoms with Crippen LogP contribution in [0.5, 0.6) is 5.75 Å². The van der Waals surface area contributed by atoms with E-state index in [1.807, 2.05) is 31.2 Å². The summed E-state index contributed by atoms with van der Waals surface area (Å²) in [6, 6.07) is 12.7. The van der Waals surface area contributed by atoms with Crippen molar-refractivity contribution in [2.75, 3.05) is 51.8 Å². The molecule has 0 radical (unpaired) electrons. The lowest BCUT2D eigenvalue weighted by Gasteiger charge is -2.30. The second kappa shape index (κ2) is 11.8. The molecule has 39 heavy (non-hydrogen) atoms. The number of hydrogen-bond donors (Lipinski definition) is 1. The third-order valence-electron chi connectivity index (χ3n) is 7.08. The van der Waals surface area contributed by atoms with E-state index in [9.17, 15) is 13.2 Å². The van der Waals surface area contributed by atoms with Crippen LogP contribution < -0.4 is 10.1 Å². The van der Waals surface area contributed by atoms with Gasteiger partial charge in [-0.25, -0.2) is 8.42 Å². The highest BCUT2D eigenvalue weighted by molar-refractivity contribution is 7.89. The number of likely N-dealkylation sites (tertiary alicyclic amines) is 1. The number of methoxy groups -OCH3 is 1. The van der Waals surface area contributed by atoms with Crippen molar-refractivity contribution in [3.63, 3.8) is 0 Å². The Morgan fingerprint density at radius 2 is 1.87 bits per heavy atom. The highest BCUT2D eigenvalue weighted by atomic mass is 32.2. The minimum atomic E-state index is -3.79. The molecule has 208 valence electrons. The van der Waals surface area contributed by atoms with Crippen LogP contribution in [0.25, 0.3) is 11.4 Å². The monoisotopic (exact) mass is 555 g/mol. The van der Waals surface area contributed by atoms with E-state index in [1.165, 1.54) is 17.5 Å². The first-order chi connectivity index (χ1) is 18.8. The number of hydrogen-bond acceptors (Lipinski definition) is 9. The zero-order valence-corrected chi connectivity index (χ0v) is 22.9. The molecule has 1 aromatic heterocycles. The molecule has 3 heterocycles. The van der Waals surface area contributed by atoms with Gasteiger partial charge < -0.3 is 19.3 Å². The van der Waals surface area contributed by atoms with Crippen LogP contribution in [0.2, 0.25) is 0 Å². The number of sulfonamides is 1. The summed E-state index contributed by atoms with van der Waals surface area (Å²) >= 11 is 0. The minimum Gasteiger partial charge on any atom is -0.495 e. The van der Waals surface area contributed by atoms with Crippen molar-refractivity contribution in [2.24, 2.45) is 5.92 Å². The fraction of sp³-hybridized carbons (Fsp3) is 0.444. The number of carbonyl (C=O) groups is 1. The van der Waals surface area contributed by atoms with Crippen LogP contribution in [0.3, 0.4) is 0 Å². The fourth-order valence-corrected chi connectivity index (χ4v) is 6.48. The molecular weight excluding hydrogens is 522 g/mol. The van der Waals surface area contributed by atoms with Gasteiger partial charge in [0.05, 0.1) is 26.9 Å². The number of carbonyl (C=O) groups excluding carboxylic acids is 1. The lowest BCUT2D eigenvalue weighted by Crippen LogP contribution is -2.40. The summed E-state index contributed by atoms with van der Waals surface area (Å²) < 4.78 is 43.9. The quantitative estimate of drug-likeness (QED) is 0.446. The zero-order chi connectivity index (χ0) is 27.4. The topological polar surface area (TPSA) is 127 Å². The predicted octanol–water partition coefficient (Wildman–Crippen LogP) is 2.93. The van der Waals surface area contributed by atoms with E-state index in [2.05, 4.69) is 20.4 Å². The first kappa shape index (κ1) is 27.3. The highest BCUT2D eigenvalue weighted by Gasteiger charge is 2.31. The van der Waals surface area contributed by atoms with Gasteiger partial charge in [-0.15, -0.1) is 0 Å². The van der Waals surface area contributed by atoms with E-state index in [-0.39, 0.29) is 35.6 Å². The number of nitrogens with one attached hydrogen (secondary N) is 1. The van der Waals surface area contributed by atoms with E-state index in [1.54, 1.807) is 12.1 Å². The molecule has 1 amide bonds. The maximum absolute atomic E-state index is 13.2. The van der Waals surface area contributed by atoms with Crippen LogP contribution in [0.15, 0.2) is 51.9 Å². The average molecular weight is 556 g/mol. The molecule has 2 aliphatic rings. The molecule has 3 aromatic rings. The summed E-state index contributed by atoms with van der Waals surface area (Å²) in [6.07, 6.45) is 1.33. The molecule has 1 N–H and O–H groups in total. The second-order valence-corrected chi connectivity index (χ2v) is 11.7. The summed E-state index contributed by atoms with van der Waals surface area (Å²) in [4.78, 5) is 19.8. The van der Waals surface area contributed by atoms with Gasteiger partial charge >= 0.3 is 0 Å². The van der Waals surface area contributed by atoms with E-state index in [0.717, 1.165) is 11.1 Å². The SMILES string of the molecule is COc1ccc(NC(=O)C2CCN(Cc3nc(-c4cccc(C)c4)no3)CC2)cc1S(=O)(=O)N1CCOCC1. The number of morpholine rings is 1. The number of aromatic nitrogens is 2. The van der Waals surface area contributed by atoms with Crippen molar-refractivity contribution in [1.29, 1.82) is 0 Å². The van der Waals surface area contributed by atoms with Crippen molar-refractivity contribution in [3.8, 4) is 17.1 Å². The summed E-state index contributed by atoms with van der Waals surface area (Å²) in [7, 11) is -2.36. The molecule has 12 heteroatoms. The van der Waals surface area contributed by atoms with Crippen molar-refractivity contribution in [3.05, 3.63) is 53.9 Å². The van der Waals surface area contributed by atoms with Gasteiger partial charge in [0.1, 0.15) is 10.6 Å². The summed E-state index contributed by atoms with van der Waals surface area (Å²) in [6.45, 7) is 5.20. The molecule has 2 fully saturated rings. The van der Waals surface area contributed by atoms with Crippen molar-refractivity contribution >= 4 is 21.6 Å². The molecule has 0 unspecified atom stereocenters. The van der Waals surface area contributed by atoms with Crippen molar-refractivity contribution < 1.29 is 27.2 Å². The molecule has 2 aromatic carbocycles. The lowest BCUT2D eigenvalue weighted by atomic mass is 9.96. The van der Waals surface area contributed by atoms with E-state index in [0.29, 0.717) is 63.1 Å². The van der Waals surface area contributed by atoms with Crippen molar-refractivity contribution in [2.45, 2.75) is 31.2 Å². The highest BCUT2D eigenvalue weighted by Crippen LogP contribution is 2.31. The number of benzene rings is 2. The van der Waals surface area contributed by atoms with Gasteiger partial charge in [0, 0.05) is 30.3 Å². The van der Waals surface area contributed by atoms with Gasteiger partial charge in [-0.3, -0.25) is 9.69 Å². The Labute approximate surface area is 228 Å². The van der Waals surface area contributed by atoms with Gasteiger partial charge in [-0.2, -0.15) is 9.29 Å². The molecule has 11 nitrogen and oxygen atoms in total. The Morgan fingerprint density at radius 3 is 2.59 bits per heavy atom. The maximum Gasteiger partial charge on any atom is 0.246 e. The number of nitrogens with zero attached hydrogens (tertiary/aromatic N) is 4. The number of anilines is 1. The first-order valence-corrected chi connectivity index (χ1v) is 14.5. The van der Waals surface area contributed by atoms with Crippen molar-refractivity contribution in [1.82, 2.24) is 19.3 Å². The molecule has 2 aliphatic heterocycles. The van der Waals surface area contributed by atoms with Gasteiger partial charge in [0.2, 0.25) is 27.6 Å². The largest absolute Gasteiger partial charge is 0.495 e. The van der Waals surface area contributed by atoms with Gasteiger partial charge in [0.25, 0.3) is 0 Å². The summed E-state index contributed by atoms with van der Waals surface area (Å²) in [5.74, 6) is 1.03. The van der Waals surface area contributed by atoms with E-state index >= 15 is 0 Å². The minimum absolute atomic E-state index is 0.0316. The first-order valence-electron chi connectivity index (χ1n) is 13.0. The lowest BCUT2D eigenvalue weighted by molar-refractivity contribution is -0.121. The molecule has 0 saturated carbocycles. The van der Waals surface area contributed by atoms with E-state index in [4.69, 9.17) is 14.0 Å². The predicted molar refractivity (Wildman–Crippen MR) is 144 cm³/mol. The van der Waals surface area contributed by atoms with Crippen LogP contribution in [-0.4, -0.2) is 80.2 Å². The average Bonchev–Trinajstić information content (AvgIpc) is 3.42. The molecule has 0 bridgehead atoms. The van der Waals surface area contributed by atoms with E-state index < -0.39 is 10.0 Å². The normalized spacial score (nSPS) is 17.7. The fourth-order valence-electron chi connectivity index (χ4n) is 4.89. The summed E-state index contributed by atoms with van der Waals surface area (Å²) in [5, 5.41) is 7.02. The van der Waals surface area contributed by atoms with Gasteiger partial charge in [-0.1, -0.05) is 28.9 Å². The molecule has 2 saturated heterocycles. The third-order valence-corrected chi connectivity index (χ3v) is 9.00. The number of rotatable bonds is 8. The van der Waals surface area contributed by atoms with Crippen LogP contribution in [0.4, 0.5) is 5.69 Å². The number of amides is 1. The Hall–Kier alpha value is -3.32. The second-order valence-electron chi connectivity index (χ2n) is 9.80. The number of ether oxygens (including phenoxy) is 2. The Kier molecular flexibility index (Phi) is 8.26. The Bertz CT molecular complexity index is 1410. The maximum atomic E-state index is 13.2. The van der Waals surface area contributed by atoms with Crippen LogP contribution in [0, 0.1) is 12.8 Å². The molecule has 0 spiro atoms. The van der Waals surface area contributed by atoms with Crippen LogP contribution >= 0.6 is 0 Å². The smallest absolute Gasteiger partial charge is 0.246 e. The molecular formula is C27H33N5O6S. The van der Waals surface area contributed by atoms with Crippen LogP contribution in [-0.2, 0) is 26.1 Å². The van der Waals surface area contributed by atoms with Gasteiger partial charge in [0.15, 0.2) is 0 Å². The zero-order valence-electron chi connectivity index (χ0n) is 22.1.